The zero-order chi connectivity index (χ0) is 21.1. The average molecular weight is 426 g/mol. The molecule has 0 saturated heterocycles. The lowest BCUT2D eigenvalue weighted by Gasteiger charge is -2.18. The molecule has 1 N–H and O–H groups in total. The first-order valence-electron chi connectivity index (χ1n) is 10.0. The number of hydrogen-bond donors (Lipinski definition) is 1. The molecule has 30 heavy (non-hydrogen) atoms. The Morgan fingerprint density at radius 1 is 1.27 bits per heavy atom. The van der Waals surface area contributed by atoms with Gasteiger partial charge in [0.2, 0.25) is 5.88 Å². The second-order valence-corrected chi connectivity index (χ2v) is 8.41. The number of rotatable bonds is 6. The van der Waals surface area contributed by atoms with Gasteiger partial charge < -0.3 is 14.8 Å². The van der Waals surface area contributed by atoms with E-state index in [9.17, 15) is 9.59 Å². The maximum Gasteiger partial charge on any atom is 0.341 e. The Balaban J connectivity index is 1.52. The molecule has 0 spiro atoms. The van der Waals surface area contributed by atoms with Crippen molar-refractivity contribution in [2.24, 2.45) is 5.92 Å². The van der Waals surface area contributed by atoms with E-state index in [0.717, 1.165) is 40.6 Å². The number of carbonyl (C=O) groups excluding carboxylic acids is 2. The normalized spacial score (nSPS) is 15.5. The van der Waals surface area contributed by atoms with Crippen LogP contribution < -0.4 is 10.1 Å². The maximum absolute atomic E-state index is 12.6. The molecule has 2 heterocycles. The van der Waals surface area contributed by atoms with Crippen molar-refractivity contribution in [2.75, 3.05) is 18.5 Å². The molecule has 1 amide bonds. The molecule has 1 unspecified atom stereocenters. The molecule has 4 rings (SSSR count). The van der Waals surface area contributed by atoms with Crippen LogP contribution >= 0.6 is 11.3 Å². The first kappa shape index (κ1) is 20.3. The van der Waals surface area contributed by atoms with E-state index in [0.29, 0.717) is 22.4 Å². The summed E-state index contributed by atoms with van der Waals surface area (Å²) in [6.07, 6.45) is 4.16. The number of esters is 1. The van der Waals surface area contributed by atoms with E-state index < -0.39 is 0 Å². The Morgan fingerprint density at radius 3 is 2.93 bits per heavy atom. The summed E-state index contributed by atoms with van der Waals surface area (Å²) in [5, 5.41) is 4.12. The van der Waals surface area contributed by atoms with Gasteiger partial charge in [-0.25, -0.2) is 14.8 Å². The first-order chi connectivity index (χ1) is 14.6. The van der Waals surface area contributed by atoms with Gasteiger partial charge in [0, 0.05) is 4.88 Å². The molecule has 0 fully saturated rings. The number of thiophene rings is 1. The predicted octanol–water partition coefficient (Wildman–Crippen LogP) is 4.01. The number of amides is 1. The molecular formula is C22H23N3O4S. The number of para-hydroxylation sites is 1. The average Bonchev–Trinajstić information content (AvgIpc) is 3.09. The lowest BCUT2D eigenvalue weighted by Crippen LogP contribution is -2.22. The quantitative estimate of drug-likeness (QED) is 0.600. The molecule has 3 aromatic rings. The van der Waals surface area contributed by atoms with Crippen LogP contribution in [0.5, 0.6) is 5.88 Å². The summed E-state index contributed by atoms with van der Waals surface area (Å²) in [6.45, 7) is 4.04. The number of aromatic nitrogens is 2. The summed E-state index contributed by atoms with van der Waals surface area (Å²) >= 11 is 1.46. The van der Waals surface area contributed by atoms with E-state index in [-0.39, 0.29) is 25.1 Å². The molecule has 1 atom stereocenters. The van der Waals surface area contributed by atoms with Gasteiger partial charge >= 0.3 is 5.97 Å². The van der Waals surface area contributed by atoms with E-state index in [4.69, 9.17) is 9.47 Å². The van der Waals surface area contributed by atoms with Crippen molar-refractivity contribution in [3.05, 3.63) is 46.6 Å². The lowest BCUT2D eigenvalue weighted by molar-refractivity contribution is -0.118. The number of benzene rings is 1. The summed E-state index contributed by atoms with van der Waals surface area (Å²) < 4.78 is 10.9. The van der Waals surface area contributed by atoms with Crippen LogP contribution in [0.2, 0.25) is 0 Å². The van der Waals surface area contributed by atoms with E-state index in [1.807, 2.05) is 24.3 Å². The third kappa shape index (κ3) is 4.14. The van der Waals surface area contributed by atoms with E-state index >= 15 is 0 Å². The molecule has 0 aliphatic heterocycles. The highest BCUT2D eigenvalue weighted by atomic mass is 32.1. The van der Waals surface area contributed by atoms with Crippen LogP contribution in [0.1, 0.15) is 41.1 Å². The molecule has 0 bridgehead atoms. The molecule has 2 aromatic heterocycles. The zero-order valence-corrected chi connectivity index (χ0v) is 17.8. The fourth-order valence-corrected chi connectivity index (χ4v) is 5.06. The number of fused-ring (bicyclic) bond motifs is 2. The van der Waals surface area contributed by atoms with Crippen molar-refractivity contribution in [3.63, 3.8) is 0 Å². The molecule has 0 saturated carbocycles. The summed E-state index contributed by atoms with van der Waals surface area (Å²) in [5.74, 6) is 0.169. The summed E-state index contributed by atoms with van der Waals surface area (Å²) in [4.78, 5) is 34.6. The summed E-state index contributed by atoms with van der Waals surface area (Å²) in [7, 11) is 0. The number of nitrogens with one attached hydrogen (secondary N) is 1. The molecule has 0 radical (unpaired) electrons. The minimum Gasteiger partial charge on any atom is -0.467 e. The van der Waals surface area contributed by atoms with Gasteiger partial charge in [-0.3, -0.25) is 4.79 Å². The molecule has 1 aliphatic rings. The smallest absolute Gasteiger partial charge is 0.341 e. The molecule has 1 aromatic carbocycles. The topological polar surface area (TPSA) is 90.4 Å². The standard InChI is InChI=1S/C22H23N3O4S/c1-3-28-22(27)19-15-9-8-13(2)10-17(15)30-21(19)25-18(26)11-29-20-14-6-4-5-7-16(14)23-12-24-20/h4-7,12-13H,3,8-11H2,1-2H3,(H,25,26). The predicted molar refractivity (Wildman–Crippen MR) is 115 cm³/mol. The van der Waals surface area contributed by atoms with Crippen molar-refractivity contribution in [3.8, 4) is 5.88 Å². The molecule has 156 valence electrons. The second-order valence-electron chi connectivity index (χ2n) is 7.31. The summed E-state index contributed by atoms with van der Waals surface area (Å²) in [6, 6.07) is 7.44. The Kier molecular flexibility index (Phi) is 5.94. The first-order valence-corrected chi connectivity index (χ1v) is 10.8. The van der Waals surface area contributed by atoms with Gasteiger partial charge in [0.1, 0.15) is 11.3 Å². The van der Waals surface area contributed by atoms with Crippen molar-refractivity contribution < 1.29 is 19.1 Å². The van der Waals surface area contributed by atoms with Crippen LogP contribution in [0.3, 0.4) is 0 Å². The number of carbonyl (C=O) groups is 2. The Hall–Kier alpha value is -3.00. The number of hydrogen-bond acceptors (Lipinski definition) is 7. The van der Waals surface area contributed by atoms with Gasteiger partial charge in [-0.1, -0.05) is 19.1 Å². The van der Waals surface area contributed by atoms with Crippen LogP contribution in [0.4, 0.5) is 5.00 Å². The van der Waals surface area contributed by atoms with Crippen molar-refractivity contribution in [2.45, 2.75) is 33.1 Å². The van der Waals surface area contributed by atoms with Gasteiger partial charge in [-0.2, -0.15) is 0 Å². The van der Waals surface area contributed by atoms with Crippen molar-refractivity contribution in [1.29, 1.82) is 0 Å². The summed E-state index contributed by atoms with van der Waals surface area (Å²) in [5.41, 5.74) is 2.24. The third-order valence-corrected chi connectivity index (χ3v) is 6.26. The van der Waals surface area contributed by atoms with Gasteiger partial charge in [0.05, 0.1) is 23.1 Å². The maximum atomic E-state index is 12.6. The lowest BCUT2D eigenvalue weighted by atomic mass is 9.88. The van der Waals surface area contributed by atoms with Crippen LogP contribution in [0, 0.1) is 5.92 Å². The van der Waals surface area contributed by atoms with Gasteiger partial charge in [0.15, 0.2) is 6.61 Å². The van der Waals surface area contributed by atoms with E-state index in [1.54, 1.807) is 6.92 Å². The van der Waals surface area contributed by atoms with Crippen LogP contribution in [-0.2, 0) is 22.4 Å². The fourth-order valence-electron chi connectivity index (χ4n) is 3.65. The Labute approximate surface area is 178 Å². The molecule has 1 aliphatic carbocycles. The molecule has 7 nitrogen and oxygen atoms in total. The molecular weight excluding hydrogens is 402 g/mol. The van der Waals surface area contributed by atoms with Crippen LogP contribution in [-0.4, -0.2) is 35.1 Å². The van der Waals surface area contributed by atoms with Gasteiger partial charge in [0.25, 0.3) is 5.91 Å². The largest absolute Gasteiger partial charge is 0.467 e. The Bertz CT molecular complexity index is 1090. The monoisotopic (exact) mass is 425 g/mol. The van der Waals surface area contributed by atoms with Gasteiger partial charge in [-0.05, 0) is 49.8 Å². The minimum atomic E-state index is -0.387. The number of anilines is 1. The fraction of sp³-hybridized carbons (Fsp3) is 0.364. The van der Waals surface area contributed by atoms with Crippen LogP contribution in [0.15, 0.2) is 30.6 Å². The van der Waals surface area contributed by atoms with Crippen molar-refractivity contribution in [1.82, 2.24) is 9.97 Å². The SMILES string of the molecule is CCOC(=O)c1c(NC(=O)COc2ncnc3ccccc23)sc2c1CCC(C)C2. The zero-order valence-electron chi connectivity index (χ0n) is 16.9. The highest BCUT2D eigenvalue weighted by Gasteiger charge is 2.29. The highest BCUT2D eigenvalue weighted by Crippen LogP contribution is 2.40. The van der Waals surface area contributed by atoms with Crippen LogP contribution in [0.25, 0.3) is 10.9 Å². The number of ether oxygens (including phenoxy) is 2. The second kappa shape index (κ2) is 8.79. The van der Waals surface area contributed by atoms with Crippen molar-refractivity contribution >= 4 is 39.1 Å². The third-order valence-electron chi connectivity index (χ3n) is 5.09. The van der Waals surface area contributed by atoms with E-state index in [1.165, 1.54) is 17.7 Å². The molecule has 8 heteroatoms. The minimum absolute atomic E-state index is 0.220. The van der Waals surface area contributed by atoms with E-state index in [2.05, 4.69) is 22.2 Å². The van der Waals surface area contributed by atoms with Gasteiger partial charge in [-0.15, -0.1) is 11.3 Å². The Morgan fingerprint density at radius 2 is 2.10 bits per heavy atom. The highest BCUT2D eigenvalue weighted by molar-refractivity contribution is 7.17. The number of nitrogens with zero attached hydrogens (tertiary/aromatic N) is 2.